The van der Waals surface area contributed by atoms with E-state index in [0.717, 1.165) is 29.1 Å². The van der Waals surface area contributed by atoms with Crippen molar-refractivity contribution in [1.82, 2.24) is 0 Å². The molecular formula is C25H28N2O3. The van der Waals surface area contributed by atoms with Crippen molar-refractivity contribution in [2.24, 2.45) is 5.41 Å². The van der Waals surface area contributed by atoms with Crippen molar-refractivity contribution >= 4 is 23.1 Å². The highest BCUT2D eigenvalue weighted by molar-refractivity contribution is 6.06. The van der Waals surface area contributed by atoms with Gasteiger partial charge in [-0.3, -0.25) is 14.5 Å². The average molecular weight is 405 g/mol. The smallest absolute Gasteiger partial charge is 0.227 e. The van der Waals surface area contributed by atoms with Gasteiger partial charge in [0.05, 0.1) is 24.5 Å². The van der Waals surface area contributed by atoms with Crippen molar-refractivity contribution in [3.05, 3.63) is 65.4 Å². The maximum atomic E-state index is 13.5. The molecule has 0 saturated heterocycles. The highest BCUT2D eigenvalue weighted by Crippen LogP contribution is 2.49. The molecule has 2 aliphatic rings. The Morgan fingerprint density at radius 1 is 1.13 bits per heavy atom. The number of Topliss-reactive ketones (excluding diaryl/α,β-unsaturated/α-hetero) is 1. The Morgan fingerprint density at radius 2 is 1.83 bits per heavy atom. The highest BCUT2D eigenvalue weighted by atomic mass is 16.5. The first-order valence-corrected chi connectivity index (χ1v) is 10.4. The molecule has 0 fully saturated rings. The lowest BCUT2D eigenvalue weighted by Crippen LogP contribution is -2.39. The van der Waals surface area contributed by atoms with Gasteiger partial charge in [-0.2, -0.15) is 0 Å². The Kier molecular flexibility index (Phi) is 5.14. The molecule has 0 spiro atoms. The van der Waals surface area contributed by atoms with Gasteiger partial charge in [-0.25, -0.2) is 0 Å². The molecule has 1 aliphatic carbocycles. The molecule has 2 aromatic carbocycles. The van der Waals surface area contributed by atoms with Gasteiger partial charge < -0.3 is 10.1 Å². The molecular weight excluding hydrogens is 376 g/mol. The summed E-state index contributed by atoms with van der Waals surface area (Å²) in [5.74, 6) is 0.707. The number of para-hydroxylation sites is 3. The van der Waals surface area contributed by atoms with Gasteiger partial charge in [0.2, 0.25) is 5.91 Å². The van der Waals surface area contributed by atoms with Gasteiger partial charge in [-0.15, -0.1) is 0 Å². The minimum absolute atomic E-state index is 0.0356. The third-order valence-electron chi connectivity index (χ3n) is 5.91. The molecule has 1 amide bonds. The number of hydrogen-bond donors (Lipinski definition) is 1. The molecule has 5 heteroatoms. The van der Waals surface area contributed by atoms with Gasteiger partial charge in [-0.1, -0.05) is 51.1 Å². The Bertz CT molecular complexity index is 1040. The predicted molar refractivity (Wildman–Crippen MR) is 119 cm³/mol. The number of nitrogens with zero attached hydrogens (tertiary/aromatic N) is 1. The topological polar surface area (TPSA) is 58.6 Å². The second-order valence-electron chi connectivity index (χ2n) is 8.74. The van der Waals surface area contributed by atoms with Gasteiger partial charge in [0.15, 0.2) is 5.78 Å². The first-order valence-electron chi connectivity index (χ1n) is 10.4. The Hall–Kier alpha value is -3.08. The lowest BCUT2D eigenvalue weighted by molar-refractivity contribution is -0.119. The second-order valence-corrected chi connectivity index (χ2v) is 8.74. The first kappa shape index (κ1) is 20.2. The van der Waals surface area contributed by atoms with Gasteiger partial charge in [0.25, 0.3) is 0 Å². The fourth-order valence-electron chi connectivity index (χ4n) is 4.62. The maximum Gasteiger partial charge on any atom is 0.227 e. The zero-order chi connectivity index (χ0) is 21.5. The number of ether oxygens (including phenoxy) is 1. The van der Waals surface area contributed by atoms with Crippen LogP contribution in [0.25, 0.3) is 0 Å². The van der Waals surface area contributed by atoms with E-state index in [1.807, 2.05) is 55.5 Å². The summed E-state index contributed by atoms with van der Waals surface area (Å²) in [4.78, 5) is 28.6. The van der Waals surface area contributed by atoms with E-state index in [4.69, 9.17) is 4.74 Å². The van der Waals surface area contributed by atoms with Crippen molar-refractivity contribution in [2.75, 3.05) is 17.3 Å². The number of methoxy groups -OCH3 is 1. The zero-order valence-electron chi connectivity index (χ0n) is 18.0. The van der Waals surface area contributed by atoms with E-state index < -0.39 is 6.04 Å². The number of ketones is 1. The summed E-state index contributed by atoms with van der Waals surface area (Å²) in [6.07, 6.45) is 1.52. The standard InChI is InChI=1S/C25H28N2O3/c1-5-22(29)27-19-12-8-7-11-17(19)26-18-14-25(2,3)15-20(28)23(18)24(27)16-10-6-9-13-21(16)30-4/h6-13,24,26H,5,14-15H2,1-4H3/t24-/m0/s1. The summed E-state index contributed by atoms with van der Waals surface area (Å²) in [6.45, 7) is 6.07. The molecule has 2 aromatic rings. The molecule has 1 heterocycles. The van der Waals surface area contributed by atoms with Crippen LogP contribution in [0.4, 0.5) is 11.4 Å². The summed E-state index contributed by atoms with van der Waals surface area (Å²) in [7, 11) is 1.62. The maximum absolute atomic E-state index is 13.5. The minimum Gasteiger partial charge on any atom is -0.496 e. The zero-order valence-corrected chi connectivity index (χ0v) is 18.0. The number of rotatable bonds is 3. The number of carbonyl (C=O) groups excluding carboxylic acids is 2. The largest absolute Gasteiger partial charge is 0.496 e. The van der Waals surface area contributed by atoms with Crippen molar-refractivity contribution in [3.8, 4) is 5.75 Å². The lowest BCUT2D eigenvalue weighted by atomic mass is 9.73. The monoisotopic (exact) mass is 404 g/mol. The summed E-state index contributed by atoms with van der Waals surface area (Å²) < 4.78 is 5.65. The molecule has 0 saturated carbocycles. The number of amides is 1. The van der Waals surface area contributed by atoms with E-state index in [9.17, 15) is 9.59 Å². The van der Waals surface area contributed by atoms with Crippen LogP contribution in [0.5, 0.6) is 5.75 Å². The molecule has 1 aliphatic heterocycles. The summed E-state index contributed by atoms with van der Waals surface area (Å²) in [5, 5.41) is 3.52. The number of allylic oxidation sites excluding steroid dienone is 1. The summed E-state index contributed by atoms with van der Waals surface area (Å²) in [6, 6.07) is 14.9. The molecule has 4 rings (SSSR count). The van der Waals surface area contributed by atoms with Crippen LogP contribution in [0.1, 0.15) is 51.6 Å². The molecule has 1 N–H and O–H groups in total. The van der Waals surface area contributed by atoms with Crippen molar-refractivity contribution in [3.63, 3.8) is 0 Å². The van der Waals surface area contributed by atoms with Crippen molar-refractivity contribution in [2.45, 2.75) is 46.1 Å². The van der Waals surface area contributed by atoms with Gasteiger partial charge >= 0.3 is 0 Å². The molecule has 0 aromatic heterocycles. The Morgan fingerprint density at radius 3 is 2.57 bits per heavy atom. The van der Waals surface area contributed by atoms with E-state index >= 15 is 0 Å². The average Bonchev–Trinajstić information content (AvgIpc) is 2.86. The molecule has 0 unspecified atom stereocenters. The second kappa shape index (κ2) is 7.63. The van der Waals surface area contributed by atoms with E-state index in [1.54, 1.807) is 12.0 Å². The molecule has 156 valence electrons. The van der Waals surface area contributed by atoms with Crippen LogP contribution in [-0.2, 0) is 9.59 Å². The lowest BCUT2D eigenvalue weighted by Gasteiger charge is -2.37. The molecule has 0 bridgehead atoms. The summed E-state index contributed by atoms with van der Waals surface area (Å²) in [5.41, 5.74) is 3.85. The molecule has 1 atom stereocenters. The number of fused-ring (bicyclic) bond motifs is 1. The van der Waals surface area contributed by atoms with Crippen LogP contribution in [0, 0.1) is 5.41 Å². The molecule has 5 nitrogen and oxygen atoms in total. The van der Waals surface area contributed by atoms with Crippen LogP contribution < -0.4 is 15.0 Å². The van der Waals surface area contributed by atoms with Crippen molar-refractivity contribution < 1.29 is 14.3 Å². The van der Waals surface area contributed by atoms with Crippen LogP contribution in [-0.4, -0.2) is 18.8 Å². The van der Waals surface area contributed by atoms with Gasteiger partial charge in [0.1, 0.15) is 5.75 Å². The highest BCUT2D eigenvalue weighted by Gasteiger charge is 2.43. The van der Waals surface area contributed by atoms with E-state index in [2.05, 4.69) is 19.2 Å². The van der Waals surface area contributed by atoms with Gasteiger partial charge in [0, 0.05) is 29.7 Å². The Labute approximate surface area is 177 Å². The predicted octanol–water partition coefficient (Wildman–Crippen LogP) is 5.25. The van der Waals surface area contributed by atoms with E-state index in [1.165, 1.54) is 0 Å². The number of nitrogens with one attached hydrogen (secondary N) is 1. The van der Waals surface area contributed by atoms with Crippen LogP contribution in [0.2, 0.25) is 0 Å². The van der Waals surface area contributed by atoms with Crippen molar-refractivity contribution in [1.29, 1.82) is 0 Å². The first-order chi connectivity index (χ1) is 14.4. The molecule has 0 radical (unpaired) electrons. The molecule has 30 heavy (non-hydrogen) atoms. The van der Waals surface area contributed by atoms with Gasteiger partial charge in [-0.05, 0) is 30.0 Å². The fraction of sp³-hybridized carbons (Fsp3) is 0.360. The number of hydrogen-bond acceptors (Lipinski definition) is 4. The van der Waals surface area contributed by atoms with Crippen LogP contribution >= 0.6 is 0 Å². The third kappa shape index (κ3) is 3.38. The summed E-state index contributed by atoms with van der Waals surface area (Å²) >= 11 is 0. The normalized spacial score (nSPS) is 20.1. The SMILES string of the molecule is CCC(=O)N1c2ccccc2NC2=C(C(=O)CC(C)(C)C2)[C@@H]1c1ccccc1OC. The number of carbonyl (C=O) groups is 2. The number of benzene rings is 2. The Balaban J connectivity index is 2.04. The fourth-order valence-corrected chi connectivity index (χ4v) is 4.62. The van der Waals surface area contributed by atoms with Crippen LogP contribution in [0.15, 0.2) is 59.8 Å². The minimum atomic E-state index is -0.539. The van der Waals surface area contributed by atoms with E-state index in [-0.39, 0.29) is 17.1 Å². The van der Waals surface area contributed by atoms with E-state index in [0.29, 0.717) is 24.2 Å². The quantitative estimate of drug-likeness (QED) is 0.759. The van der Waals surface area contributed by atoms with Crippen LogP contribution in [0.3, 0.4) is 0 Å². The third-order valence-corrected chi connectivity index (χ3v) is 5.91. The number of anilines is 2.